The first-order valence-corrected chi connectivity index (χ1v) is 13.2. The highest BCUT2D eigenvalue weighted by Crippen LogP contribution is 2.33. The molecule has 1 amide bonds. The number of ether oxygens (including phenoxy) is 1. The molecule has 3 rings (SSSR count). The fourth-order valence-electron chi connectivity index (χ4n) is 4.23. The van der Waals surface area contributed by atoms with E-state index in [1.165, 1.54) is 0 Å². The fraction of sp³-hybridized carbons (Fsp3) is 0.357. The van der Waals surface area contributed by atoms with Gasteiger partial charge in [0.05, 0.1) is 23.0 Å². The summed E-state index contributed by atoms with van der Waals surface area (Å²) in [6.07, 6.45) is 4.03. The second-order valence-electron chi connectivity index (χ2n) is 8.84. The number of nitrogens with zero attached hydrogens (tertiary/aromatic N) is 2. The Balaban J connectivity index is 1.77. The first kappa shape index (κ1) is 28.3. The SMILES string of the molecule is C=CCC(CC)C(C)COCCNC(=O)c1nn(-c2ccc(Cl)cc2Cl)c(-c2ccc(Cl)cc2)c1C. The zero-order valence-electron chi connectivity index (χ0n) is 20.9. The Labute approximate surface area is 228 Å². The Morgan fingerprint density at radius 2 is 1.86 bits per heavy atom. The van der Waals surface area contributed by atoms with Gasteiger partial charge in [0, 0.05) is 34.3 Å². The quantitative estimate of drug-likeness (QED) is 0.186. The number of rotatable bonds is 12. The molecule has 1 heterocycles. The van der Waals surface area contributed by atoms with E-state index in [-0.39, 0.29) is 5.91 Å². The van der Waals surface area contributed by atoms with Gasteiger partial charge in [-0.25, -0.2) is 4.68 Å². The van der Waals surface area contributed by atoms with Crippen LogP contribution in [-0.4, -0.2) is 35.4 Å². The lowest BCUT2D eigenvalue weighted by molar-refractivity contribution is 0.0779. The molecule has 2 aromatic carbocycles. The minimum Gasteiger partial charge on any atom is -0.379 e. The van der Waals surface area contributed by atoms with E-state index in [2.05, 4.69) is 30.8 Å². The third kappa shape index (κ3) is 6.92. The molecular formula is C28H32Cl3N3O2. The van der Waals surface area contributed by atoms with Gasteiger partial charge in [-0.05, 0) is 55.5 Å². The molecule has 0 aliphatic rings. The van der Waals surface area contributed by atoms with Crippen LogP contribution >= 0.6 is 34.8 Å². The van der Waals surface area contributed by atoms with Gasteiger partial charge in [0.25, 0.3) is 5.91 Å². The Morgan fingerprint density at radius 1 is 1.17 bits per heavy atom. The van der Waals surface area contributed by atoms with Gasteiger partial charge >= 0.3 is 0 Å². The molecule has 36 heavy (non-hydrogen) atoms. The lowest BCUT2D eigenvalue weighted by Gasteiger charge is -2.21. The third-order valence-electron chi connectivity index (χ3n) is 6.30. The standard InChI is InChI=1S/C28H32Cl3N3O2/c1-5-7-20(6-2)18(3)17-36-15-14-32-28(35)26-19(4)27(21-8-10-22(29)11-9-21)34(33-26)25-13-12-23(30)16-24(25)31/h5,8-13,16,18,20H,1,6-7,14-15,17H2,2-4H3,(H,32,35). The van der Waals surface area contributed by atoms with Crippen molar-refractivity contribution < 1.29 is 9.53 Å². The first-order chi connectivity index (χ1) is 17.3. The van der Waals surface area contributed by atoms with Gasteiger partial charge in [-0.3, -0.25) is 4.79 Å². The molecule has 0 radical (unpaired) electrons. The van der Waals surface area contributed by atoms with E-state index >= 15 is 0 Å². The Hall–Kier alpha value is -2.31. The molecule has 1 N–H and O–H groups in total. The predicted octanol–water partition coefficient (Wildman–Crippen LogP) is 7.79. The summed E-state index contributed by atoms with van der Waals surface area (Å²) in [6, 6.07) is 12.5. The maximum Gasteiger partial charge on any atom is 0.272 e. The van der Waals surface area contributed by atoms with Crippen molar-refractivity contribution in [2.75, 3.05) is 19.8 Å². The van der Waals surface area contributed by atoms with Gasteiger partial charge < -0.3 is 10.1 Å². The van der Waals surface area contributed by atoms with Gasteiger partial charge in [0.15, 0.2) is 5.69 Å². The predicted molar refractivity (Wildman–Crippen MR) is 150 cm³/mol. The fourth-order valence-corrected chi connectivity index (χ4v) is 4.84. The zero-order valence-corrected chi connectivity index (χ0v) is 23.1. The highest BCUT2D eigenvalue weighted by molar-refractivity contribution is 6.35. The molecule has 0 spiro atoms. The molecule has 1 aromatic heterocycles. The number of nitrogens with one attached hydrogen (secondary N) is 1. The zero-order chi connectivity index (χ0) is 26.2. The van der Waals surface area contributed by atoms with E-state index in [4.69, 9.17) is 39.5 Å². The van der Waals surface area contributed by atoms with E-state index in [0.717, 1.165) is 29.7 Å². The Morgan fingerprint density at radius 3 is 2.50 bits per heavy atom. The van der Waals surface area contributed by atoms with Crippen LogP contribution in [0.25, 0.3) is 16.9 Å². The number of hydrogen-bond acceptors (Lipinski definition) is 3. The molecule has 0 saturated carbocycles. The smallest absolute Gasteiger partial charge is 0.272 e. The largest absolute Gasteiger partial charge is 0.379 e. The number of carbonyl (C=O) groups is 1. The number of benzene rings is 2. The van der Waals surface area contributed by atoms with Gasteiger partial charge in [-0.2, -0.15) is 5.10 Å². The van der Waals surface area contributed by atoms with Gasteiger partial charge in [-0.15, -0.1) is 6.58 Å². The van der Waals surface area contributed by atoms with Crippen molar-refractivity contribution in [2.45, 2.75) is 33.6 Å². The third-order valence-corrected chi connectivity index (χ3v) is 7.09. The van der Waals surface area contributed by atoms with E-state index in [1.54, 1.807) is 35.0 Å². The summed E-state index contributed by atoms with van der Waals surface area (Å²) in [4.78, 5) is 13.1. The molecule has 192 valence electrons. The molecule has 0 saturated heterocycles. The second-order valence-corrected chi connectivity index (χ2v) is 10.1. The lowest BCUT2D eigenvalue weighted by Crippen LogP contribution is -2.29. The maximum atomic E-state index is 13.1. The molecule has 2 unspecified atom stereocenters. The van der Waals surface area contributed by atoms with Crippen molar-refractivity contribution in [3.8, 4) is 16.9 Å². The Bertz CT molecular complexity index is 1190. The van der Waals surface area contributed by atoms with E-state index in [0.29, 0.717) is 58.0 Å². The highest BCUT2D eigenvalue weighted by atomic mass is 35.5. The van der Waals surface area contributed by atoms with Crippen LogP contribution in [0.5, 0.6) is 0 Å². The van der Waals surface area contributed by atoms with Crippen molar-refractivity contribution in [1.29, 1.82) is 0 Å². The molecular weight excluding hydrogens is 517 g/mol. The van der Waals surface area contributed by atoms with Crippen LogP contribution in [-0.2, 0) is 4.74 Å². The summed E-state index contributed by atoms with van der Waals surface area (Å²) < 4.78 is 7.51. The summed E-state index contributed by atoms with van der Waals surface area (Å²) in [7, 11) is 0. The van der Waals surface area contributed by atoms with Crippen molar-refractivity contribution >= 4 is 40.7 Å². The Kier molecular flexibility index (Phi) is 10.4. The number of amides is 1. The molecule has 0 aliphatic carbocycles. The molecule has 8 heteroatoms. The molecule has 5 nitrogen and oxygen atoms in total. The number of hydrogen-bond donors (Lipinski definition) is 1. The van der Waals surface area contributed by atoms with Crippen molar-refractivity contribution in [3.05, 3.63) is 81.4 Å². The maximum absolute atomic E-state index is 13.1. The average molecular weight is 549 g/mol. The topological polar surface area (TPSA) is 56.1 Å². The van der Waals surface area contributed by atoms with Crippen molar-refractivity contribution in [3.63, 3.8) is 0 Å². The van der Waals surface area contributed by atoms with Gasteiger partial charge in [0.1, 0.15) is 0 Å². The molecule has 0 fully saturated rings. The number of allylic oxidation sites excluding steroid dienone is 1. The first-order valence-electron chi connectivity index (χ1n) is 12.0. The van der Waals surface area contributed by atoms with Crippen molar-refractivity contribution in [1.82, 2.24) is 15.1 Å². The monoisotopic (exact) mass is 547 g/mol. The second kappa shape index (κ2) is 13.3. The average Bonchev–Trinajstić information content (AvgIpc) is 3.19. The normalized spacial score (nSPS) is 12.8. The number of aromatic nitrogens is 2. The van der Waals surface area contributed by atoms with Crippen molar-refractivity contribution in [2.24, 2.45) is 11.8 Å². The number of halogens is 3. The van der Waals surface area contributed by atoms with Crippen LogP contribution in [0, 0.1) is 18.8 Å². The van der Waals surface area contributed by atoms with Crippen LogP contribution in [0.2, 0.25) is 15.1 Å². The molecule has 0 aliphatic heterocycles. The van der Waals surface area contributed by atoms with Gasteiger partial charge in [0.2, 0.25) is 0 Å². The number of carbonyl (C=O) groups excluding carboxylic acids is 1. The minimum atomic E-state index is -0.277. The summed E-state index contributed by atoms with van der Waals surface area (Å²) >= 11 is 18.7. The summed E-state index contributed by atoms with van der Waals surface area (Å²) in [6.45, 7) is 11.5. The summed E-state index contributed by atoms with van der Waals surface area (Å²) in [5.74, 6) is 0.698. The van der Waals surface area contributed by atoms with Crippen LogP contribution in [0.4, 0.5) is 0 Å². The van der Waals surface area contributed by atoms with E-state index in [1.807, 2.05) is 25.1 Å². The van der Waals surface area contributed by atoms with E-state index < -0.39 is 0 Å². The summed E-state index contributed by atoms with van der Waals surface area (Å²) in [5.41, 5.74) is 3.27. The van der Waals surface area contributed by atoms with E-state index in [9.17, 15) is 4.79 Å². The molecule has 2 atom stereocenters. The molecule has 0 bridgehead atoms. The highest BCUT2D eigenvalue weighted by Gasteiger charge is 2.23. The minimum absolute atomic E-state index is 0.277. The van der Waals surface area contributed by atoms with Gasteiger partial charge in [-0.1, -0.05) is 73.3 Å². The molecule has 3 aromatic rings. The van der Waals surface area contributed by atoms with Crippen LogP contribution in [0.1, 0.15) is 42.7 Å². The van der Waals surface area contributed by atoms with Crippen LogP contribution < -0.4 is 5.32 Å². The van der Waals surface area contributed by atoms with Crippen LogP contribution in [0.15, 0.2) is 55.1 Å². The van der Waals surface area contributed by atoms with Crippen LogP contribution in [0.3, 0.4) is 0 Å². The lowest BCUT2D eigenvalue weighted by atomic mass is 9.89. The summed E-state index contributed by atoms with van der Waals surface area (Å²) in [5, 5.41) is 9.14.